The van der Waals surface area contributed by atoms with Gasteiger partial charge < -0.3 is 5.11 Å². The first-order chi connectivity index (χ1) is 8.74. The zero-order valence-electron chi connectivity index (χ0n) is 11.5. The van der Waals surface area contributed by atoms with Crippen molar-refractivity contribution >= 4 is 0 Å². The van der Waals surface area contributed by atoms with E-state index in [1.807, 2.05) is 4.68 Å². The van der Waals surface area contributed by atoms with E-state index in [1.165, 1.54) is 19.3 Å². The van der Waals surface area contributed by atoms with E-state index in [2.05, 4.69) is 36.1 Å². The molecule has 1 atom stereocenters. The van der Waals surface area contributed by atoms with E-state index in [-0.39, 0.29) is 6.61 Å². The van der Waals surface area contributed by atoms with Crippen molar-refractivity contribution in [2.24, 2.45) is 0 Å². The van der Waals surface area contributed by atoms with Gasteiger partial charge in [0.25, 0.3) is 0 Å². The molecule has 2 rings (SSSR count). The van der Waals surface area contributed by atoms with Gasteiger partial charge in [-0.25, -0.2) is 0 Å². The fourth-order valence-corrected chi connectivity index (χ4v) is 2.37. The normalized spacial score (nSPS) is 18.0. The first kappa shape index (κ1) is 13.6. The van der Waals surface area contributed by atoms with Crippen LogP contribution in [0, 0.1) is 0 Å². The standard InChI is InChI=1S/C14H25N3O/c1-3-12(2)17-8-7-13(15-17)11-16(9-10-18)14-5-4-6-14/h7-8,12,14,18H,3-6,9-11H2,1-2H3. The van der Waals surface area contributed by atoms with Gasteiger partial charge in [-0.3, -0.25) is 9.58 Å². The van der Waals surface area contributed by atoms with Gasteiger partial charge >= 0.3 is 0 Å². The number of aromatic nitrogens is 2. The number of rotatable bonds is 7. The van der Waals surface area contributed by atoms with Gasteiger partial charge in [-0.05, 0) is 32.3 Å². The molecule has 1 aliphatic carbocycles. The fraction of sp³-hybridized carbons (Fsp3) is 0.786. The molecule has 1 heterocycles. The maximum atomic E-state index is 9.15. The molecule has 1 N–H and O–H groups in total. The molecular weight excluding hydrogens is 226 g/mol. The number of aliphatic hydroxyl groups is 1. The summed E-state index contributed by atoms with van der Waals surface area (Å²) in [6, 6.07) is 3.23. The van der Waals surface area contributed by atoms with Crippen molar-refractivity contribution in [2.75, 3.05) is 13.2 Å². The number of hydrogen-bond donors (Lipinski definition) is 1. The molecule has 0 aliphatic heterocycles. The Bertz CT molecular complexity index is 360. The Morgan fingerprint density at radius 3 is 2.89 bits per heavy atom. The van der Waals surface area contributed by atoms with E-state index in [0.29, 0.717) is 12.1 Å². The lowest BCUT2D eigenvalue weighted by molar-refractivity contribution is 0.0930. The molecule has 0 radical (unpaired) electrons. The van der Waals surface area contributed by atoms with Crippen molar-refractivity contribution in [1.82, 2.24) is 14.7 Å². The molecule has 1 aromatic heterocycles. The van der Waals surface area contributed by atoms with Gasteiger partial charge in [0.05, 0.1) is 12.3 Å². The summed E-state index contributed by atoms with van der Waals surface area (Å²) in [5.41, 5.74) is 1.12. The average Bonchev–Trinajstić information content (AvgIpc) is 2.74. The van der Waals surface area contributed by atoms with E-state index in [9.17, 15) is 0 Å². The lowest BCUT2D eigenvalue weighted by Gasteiger charge is -2.36. The highest BCUT2D eigenvalue weighted by molar-refractivity contribution is 5.00. The number of nitrogens with zero attached hydrogens (tertiary/aromatic N) is 3. The molecule has 102 valence electrons. The van der Waals surface area contributed by atoms with Gasteiger partial charge in [-0.15, -0.1) is 0 Å². The van der Waals surface area contributed by atoms with Crippen molar-refractivity contribution < 1.29 is 5.11 Å². The summed E-state index contributed by atoms with van der Waals surface area (Å²) < 4.78 is 2.05. The first-order valence-corrected chi connectivity index (χ1v) is 7.13. The van der Waals surface area contributed by atoms with Crippen molar-refractivity contribution in [1.29, 1.82) is 0 Å². The van der Waals surface area contributed by atoms with Crippen LogP contribution in [0.4, 0.5) is 0 Å². The molecule has 1 aliphatic rings. The monoisotopic (exact) mass is 251 g/mol. The Balaban J connectivity index is 1.95. The molecule has 1 fully saturated rings. The highest BCUT2D eigenvalue weighted by Crippen LogP contribution is 2.25. The molecule has 0 saturated heterocycles. The van der Waals surface area contributed by atoms with Crippen LogP contribution in [0.2, 0.25) is 0 Å². The number of hydrogen-bond acceptors (Lipinski definition) is 3. The maximum absolute atomic E-state index is 9.15. The third kappa shape index (κ3) is 3.12. The predicted molar refractivity (Wildman–Crippen MR) is 72.4 cm³/mol. The van der Waals surface area contributed by atoms with Crippen molar-refractivity contribution in [3.63, 3.8) is 0 Å². The third-order valence-electron chi connectivity index (χ3n) is 4.05. The quantitative estimate of drug-likeness (QED) is 0.807. The summed E-state index contributed by atoms with van der Waals surface area (Å²) >= 11 is 0. The number of aliphatic hydroxyl groups excluding tert-OH is 1. The molecule has 0 bridgehead atoms. The zero-order valence-corrected chi connectivity index (χ0v) is 11.5. The molecular formula is C14H25N3O. The molecule has 0 amide bonds. The second kappa shape index (κ2) is 6.34. The molecule has 0 spiro atoms. The lowest BCUT2D eigenvalue weighted by Crippen LogP contribution is -2.41. The molecule has 4 heteroatoms. The van der Waals surface area contributed by atoms with Crippen LogP contribution < -0.4 is 0 Å². The van der Waals surface area contributed by atoms with Crippen LogP contribution in [-0.4, -0.2) is 39.0 Å². The van der Waals surface area contributed by atoms with Gasteiger partial charge in [-0.2, -0.15) is 5.10 Å². The summed E-state index contributed by atoms with van der Waals surface area (Å²) in [6.07, 6.45) is 7.04. The molecule has 1 saturated carbocycles. The Labute approximate surface area is 110 Å². The van der Waals surface area contributed by atoms with Crippen molar-refractivity contribution in [3.05, 3.63) is 18.0 Å². The predicted octanol–water partition coefficient (Wildman–Crippen LogP) is 2.20. The van der Waals surface area contributed by atoms with Crippen LogP contribution in [0.3, 0.4) is 0 Å². The van der Waals surface area contributed by atoms with E-state index >= 15 is 0 Å². The smallest absolute Gasteiger partial charge is 0.0765 e. The van der Waals surface area contributed by atoms with Crippen molar-refractivity contribution in [3.8, 4) is 0 Å². The van der Waals surface area contributed by atoms with Gasteiger partial charge in [0.15, 0.2) is 0 Å². The Kier molecular flexibility index (Phi) is 4.78. The maximum Gasteiger partial charge on any atom is 0.0765 e. The molecule has 18 heavy (non-hydrogen) atoms. The Morgan fingerprint density at radius 1 is 1.56 bits per heavy atom. The van der Waals surface area contributed by atoms with Crippen LogP contribution >= 0.6 is 0 Å². The molecule has 1 unspecified atom stereocenters. The van der Waals surface area contributed by atoms with Crippen LogP contribution in [0.15, 0.2) is 12.3 Å². The van der Waals surface area contributed by atoms with Crippen molar-refractivity contribution in [2.45, 2.75) is 58.2 Å². The third-order valence-corrected chi connectivity index (χ3v) is 4.05. The SMILES string of the molecule is CCC(C)n1ccc(CN(CCO)C2CCC2)n1. The molecule has 1 aromatic rings. The van der Waals surface area contributed by atoms with Gasteiger partial charge in [0, 0.05) is 31.4 Å². The van der Waals surface area contributed by atoms with Crippen LogP contribution in [-0.2, 0) is 6.54 Å². The summed E-state index contributed by atoms with van der Waals surface area (Å²) in [5, 5.41) is 13.8. The van der Waals surface area contributed by atoms with Crippen LogP contribution in [0.5, 0.6) is 0 Å². The highest BCUT2D eigenvalue weighted by atomic mass is 16.3. The van der Waals surface area contributed by atoms with E-state index < -0.39 is 0 Å². The molecule has 4 nitrogen and oxygen atoms in total. The summed E-state index contributed by atoms with van der Waals surface area (Å²) in [5.74, 6) is 0. The van der Waals surface area contributed by atoms with E-state index in [0.717, 1.165) is 25.2 Å². The minimum Gasteiger partial charge on any atom is -0.395 e. The minimum absolute atomic E-state index is 0.239. The Morgan fingerprint density at radius 2 is 2.33 bits per heavy atom. The second-order valence-corrected chi connectivity index (χ2v) is 5.32. The van der Waals surface area contributed by atoms with Crippen LogP contribution in [0.25, 0.3) is 0 Å². The Hall–Kier alpha value is -0.870. The first-order valence-electron chi connectivity index (χ1n) is 7.13. The van der Waals surface area contributed by atoms with Gasteiger partial charge in [-0.1, -0.05) is 13.3 Å². The second-order valence-electron chi connectivity index (χ2n) is 5.32. The summed E-state index contributed by atoms with van der Waals surface area (Å²) in [4.78, 5) is 2.37. The summed E-state index contributed by atoms with van der Waals surface area (Å²) in [7, 11) is 0. The van der Waals surface area contributed by atoms with Gasteiger partial charge in [0.1, 0.15) is 0 Å². The van der Waals surface area contributed by atoms with E-state index in [4.69, 9.17) is 5.11 Å². The summed E-state index contributed by atoms with van der Waals surface area (Å²) in [6.45, 7) is 6.24. The van der Waals surface area contributed by atoms with Crippen LogP contribution in [0.1, 0.15) is 51.3 Å². The largest absolute Gasteiger partial charge is 0.395 e. The zero-order chi connectivity index (χ0) is 13.0. The lowest BCUT2D eigenvalue weighted by atomic mass is 9.91. The fourth-order valence-electron chi connectivity index (χ4n) is 2.37. The molecule has 0 aromatic carbocycles. The average molecular weight is 251 g/mol. The topological polar surface area (TPSA) is 41.3 Å². The highest BCUT2D eigenvalue weighted by Gasteiger charge is 2.25. The van der Waals surface area contributed by atoms with E-state index in [1.54, 1.807) is 0 Å². The van der Waals surface area contributed by atoms with Gasteiger partial charge in [0.2, 0.25) is 0 Å². The minimum atomic E-state index is 0.239.